The van der Waals surface area contributed by atoms with Crippen LogP contribution in [0.1, 0.15) is 5.56 Å². The van der Waals surface area contributed by atoms with E-state index in [4.69, 9.17) is 33.6 Å². The van der Waals surface area contributed by atoms with E-state index in [0.717, 1.165) is 16.6 Å². The molecule has 0 aliphatic heterocycles. The summed E-state index contributed by atoms with van der Waals surface area (Å²) < 4.78 is 6.68. The molecule has 3 N–H and O–H groups in total. The molecular formula is C17H11Cl2N9O. The van der Waals surface area contributed by atoms with Crippen molar-refractivity contribution in [3.8, 4) is 22.9 Å². The molecule has 10 nitrogen and oxygen atoms in total. The van der Waals surface area contributed by atoms with Crippen LogP contribution in [0, 0.1) is 0 Å². The molecule has 0 saturated carbocycles. The zero-order valence-corrected chi connectivity index (χ0v) is 16.1. The third-order valence-electron chi connectivity index (χ3n) is 4.41. The highest BCUT2D eigenvalue weighted by Gasteiger charge is 2.20. The summed E-state index contributed by atoms with van der Waals surface area (Å²) in [5, 5.41) is 22.3. The van der Waals surface area contributed by atoms with E-state index in [2.05, 4.69) is 35.9 Å². The maximum Gasteiger partial charge on any atom is 0.204 e. The number of aromatic amines is 1. The molecule has 0 unspecified atom stereocenters. The maximum atomic E-state index is 6.24. The lowest BCUT2D eigenvalue weighted by Gasteiger charge is -2.09. The molecule has 0 bridgehead atoms. The first-order valence-electron chi connectivity index (χ1n) is 8.36. The van der Waals surface area contributed by atoms with Gasteiger partial charge in [0.2, 0.25) is 5.82 Å². The lowest BCUT2D eigenvalue weighted by molar-refractivity contribution is 0.310. The Kier molecular flexibility index (Phi) is 4.14. The molecule has 5 rings (SSSR count). The Balaban J connectivity index is 1.61. The third kappa shape index (κ3) is 3.08. The van der Waals surface area contributed by atoms with E-state index in [1.807, 2.05) is 28.8 Å². The maximum absolute atomic E-state index is 6.24. The molecule has 2 aromatic carbocycles. The number of tetrazole rings is 1. The molecule has 0 spiro atoms. The SMILES string of the molecule is Nc1nonc1-c1nc2cc(Cl)c(Cl)cc2n1Cc1ccc(-c2nn[nH]n2)cc1. The van der Waals surface area contributed by atoms with Crippen LogP contribution in [0.5, 0.6) is 0 Å². The van der Waals surface area contributed by atoms with Gasteiger partial charge in [0.05, 0.1) is 21.1 Å². The Bertz CT molecular complexity index is 1310. The van der Waals surface area contributed by atoms with Crippen LogP contribution in [0.3, 0.4) is 0 Å². The number of hydrogen-bond donors (Lipinski definition) is 2. The standard InChI is InChI=1S/C17H11Cl2N9O/c18-10-5-12-13(6-11(10)19)28(17(21-12)14-15(20)25-29-24-14)7-8-1-3-9(4-2-8)16-22-26-27-23-16/h1-6H,7H2,(H2,20,25)(H,22,23,26,27). The summed E-state index contributed by atoms with van der Waals surface area (Å²) in [7, 11) is 0. The van der Waals surface area contributed by atoms with Crippen LogP contribution in [-0.4, -0.2) is 40.5 Å². The van der Waals surface area contributed by atoms with E-state index in [0.29, 0.717) is 39.4 Å². The molecule has 0 radical (unpaired) electrons. The zero-order valence-electron chi connectivity index (χ0n) is 14.5. The van der Waals surface area contributed by atoms with Gasteiger partial charge in [0.15, 0.2) is 17.3 Å². The van der Waals surface area contributed by atoms with Crippen LogP contribution in [0.4, 0.5) is 5.82 Å². The van der Waals surface area contributed by atoms with Crippen molar-refractivity contribution in [2.75, 3.05) is 5.73 Å². The first kappa shape index (κ1) is 17.6. The number of benzene rings is 2. The number of hydrogen-bond acceptors (Lipinski definition) is 8. The number of rotatable bonds is 4. The molecule has 0 saturated heterocycles. The number of H-pyrrole nitrogens is 1. The van der Waals surface area contributed by atoms with Crippen molar-refractivity contribution < 1.29 is 4.63 Å². The monoisotopic (exact) mass is 427 g/mol. The van der Waals surface area contributed by atoms with Crippen molar-refractivity contribution in [3.05, 3.63) is 52.0 Å². The quantitative estimate of drug-likeness (QED) is 0.445. The first-order chi connectivity index (χ1) is 14.1. The molecule has 3 heterocycles. The Morgan fingerprint density at radius 3 is 2.55 bits per heavy atom. The summed E-state index contributed by atoms with van der Waals surface area (Å²) in [5.74, 6) is 1.17. The van der Waals surface area contributed by atoms with Crippen LogP contribution in [0.2, 0.25) is 10.0 Å². The van der Waals surface area contributed by atoms with E-state index < -0.39 is 0 Å². The summed E-state index contributed by atoms with van der Waals surface area (Å²) in [4.78, 5) is 4.62. The first-order valence-corrected chi connectivity index (χ1v) is 9.12. The lowest BCUT2D eigenvalue weighted by Crippen LogP contribution is -2.04. The van der Waals surface area contributed by atoms with Crippen LogP contribution >= 0.6 is 23.2 Å². The highest BCUT2D eigenvalue weighted by Crippen LogP contribution is 2.32. The summed E-state index contributed by atoms with van der Waals surface area (Å²) in [6.07, 6.45) is 0. The fraction of sp³-hybridized carbons (Fsp3) is 0.0588. The Labute approximate surface area is 172 Å². The largest absolute Gasteiger partial charge is 0.379 e. The van der Waals surface area contributed by atoms with E-state index in [-0.39, 0.29) is 5.82 Å². The minimum Gasteiger partial charge on any atom is -0.379 e. The van der Waals surface area contributed by atoms with Crippen LogP contribution < -0.4 is 5.73 Å². The average Bonchev–Trinajstić information content (AvgIpc) is 3.45. The molecule has 3 aromatic heterocycles. The van der Waals surface area contributed by atoms with E-state index in [9.17, 15) is 0 Å². The minimum atomic E-state index is 0.145. The van der Waals surface area contributed by atoms with Gasteiger partial charge in [0.1, 0.15) is 0 Å². The number of nitrogen functional groups attached to an aromatic ring is 1. The molecule has 0 atom stereocenters. The molecule has 144 valence electrons. The van der Waals surface area contributed by atoms with Gasteiger partial charge in [-0.25, -0.2) is 9.61 Å². The normalized spacial score (nSPS) is 11.4. The van der Waals surface area contributed by atoms with Gasteiger partial charge in [-0.2, -0.15) is 5.21 Å². The molecule has 29 heavy (non-hydrogen) atoms. The molecule has 12 heteroatoms. The summed E-state index contributed by atoms with van der Waals surface area (Å²) in [6.45, 7) is 0.475. The van der Waals surface area contributed by atoms with Gasteiger partial charge in [-0.05, 0) is 33.2 Å². The fourth-order valence-corrected chi connectivity index (χ4v) is 3.35. The summed E-state index contributed by atoms with van der Waals surface area (Å²) in [5.41, 5.74) is 9.51. The van der Waals surface area contributed by atoms with E-state index in [1.165, 1.54) is 0 Å². The van der Waals surface area contributed by atoms with Crippen LogP contribution in [-0.2, 0) is 6.54 Å². The van der Waals surface area contributed by atoms with Gasteiger partial charge >= 0.3 is 0 Å². The Hall–Kier alpha value is -3.50. The molecule has 5 aromatic rings. The number of nitrogens with two attached hydrogens (primary N) is 1. The molecule has 0 aliphatic carbocycles. The number of aromatic nitrogens is 8. The topological polar surface area (TPSA) is 137 Å². The van der Waals surface area contributed by atoms with Crippen molar-refractivity contribution in [1.29, 1.82) is 0 Å². The number of nitrogens with zero attached hydrogens (tertiary/aromatic N) is 7. The highest BCUT2D eigenvalue weighted by atomic mass is 35.5. The lowest BCUT2D eigenvalue weighted by atomic mass is 10.1. The fourth-order valence-electron chi connectivity index (χ4n) is 3.04. The summed E-state index contributed by atoms with van der Waals surface area (Å²) >= 11 is 12.4. The van der Waals surface area contributed by atoms with E-state index in [1.54, 1.807) is 12.1 Å². The Morgan fingerprint density at radius 2 is 1.86 bits per heavy atom. The predicted molar refractivity (Wildman–Crippen MR) is 106 cm³/mol. The van der Waals surface area contributed by atoms with Crippen molar-refractivity contribution in [2.45, 2.75) is 6.54 Å². The van der Waals surface area contributed by atoms with Crippen LogP contribution in [0.15, 0.2) is 41.0 Å². The van der Waals surface area contributed by atoms with Gasteiger partial charge in [-0.15, -0.1) is 10.2 Å². The van der Waals surface area contributed by atoms with Gasteiger partial charge in [0, 0.05) is 12.1 Å². The van der Waals surface area contributed by atoms with Crippen molar-refractivity contribution in [2.24, 2.45) is 0 Å². The average molecular weight is 428 g/mol. The molecule has 0 aliphatic rings. The van der Waals surface area contributed by atoms with Crippen molar-refractivity contribution in [1.82, 2.24) is 40.5 Å². The molecule has 0 amide bonds. The summed E-state index contributed by atoms with van der Waals surface area (Å²) in [6, 6.07) is 11.2. The number of halogens is 2. The predicted octanol–water partition coefficient (Wildman–Crippen LogP) is 3.20. The number of imidazole rings is 1. The number of fused-ring (bicyclic) bond motifs is 1. The second-order valence-corrected chi connectivity index (χ2v) is 7.02. The van der Waals surface area contributed by atoms with Gasteiger partial charge < -0.3 is 10.3 Å². The zero-order chi connectivity index (χ0) is 20.0. The Morgan fingerprint density at radius 1 is 1.07 bits per heavy atom. The third-order valence-corrected chi connectivity index (χ3v) is 5.14. The number of anilines is 1. The second kappa shape index (κ2) is 6.83. The van der Waals surface area contributed by atoms with Gasteiger partial charge in [-0.1, -0.05) is 47.5 Å². The second-order valence-electron chi connectivity index (χ2n) is 6.21. The van der Waals surface area contributed by atoms with E-state index >= 15 is 0 Å². The number of nitrogens with one attached hydrogen (secondary N) is 1. The highest BCUT2D eigenvalue weighted by molar-refractivity contribution is 6.42. The van der Waals surface area contributed by atoms with Crippen molar-refractivity contribution in [3.63, 3.8) is 0 Å². The molecule has 0 fully saturated rings. The smallest absolute Gasteiger partial charge is 0.204 e. The minimum absolute atomic E-state index is 0.145. The molecular weight excluding hydrogens is 417 g/mol. The van der Waals surface area contributed by atoms with Gasteiger partial charge in [0.25, 0.3) is 0 Å². The van der Waals surface area contributed by atoms with Gasteiger partial charge in [-0.3, -0.25) is 0 Å². The van der Waals surface area contributed by atoms with Crippen LogP contribution in [0.25, 0.3) is 33.9 Å². The van der Waals surface area contributed by atoms with Crippen molar-refractivity contribution >= 4 is 40.1 Å².